The number of rotatable bonds is 3. The van der Waals surface area contributed by atoms with Crippen LogP contribution in [0.1, 0.15) is 11.3 Å². The number of nitrogens with zero attached hydrogens (tertiary/aromatic N) is 1. The van der Waals surface area contributed by atoms with Crippen LogP contribution in [-0.4, -0.2) is 12.0 Å². The standard InChI is InChI=1S/C12H13FN2O/c1-8-4-3-5-10(11(8)13)12-15-9(6-14-2)7-16-12/h3-5,7,14H,6H2,1-2H3. The van der Waals surface area contributed by atoms with Crippen molar-refractivity contribution in [2.24, 2.45) is 0 Å². The Kier molecular flexibility index (Phi) is 3.01. The second kappa shape index (κ2) is 4.45. The van der Waals surface area contributed by atoms with Crippen LogP contribution in [0.4, 0.5) is 4.39 Å². The summed E-state index contributed by atoms with van der Waals surface area (Å²) in [5, 5.41) is 2.96. The number of halogens is 1. The highest BCUT2D eigenvalue weighted by Gasteiger charge is 2.12. The van der Waals surface area contributed by atoms with Crippen LogP contribution in [-0.2, 0) is 6.54 Å². The third-order valence-corrected chi connectivity index (χ3v) is 2.33. The molecule has 0 saturated carbocycles. The van der Waals surface area contributed by atoms with Crippen LogP contribution in [0.5, 0.6) is 0 Å². The Bertz CT molecular complexity index is 494. The first-order valence-electron chi connectivity index (χ1n) is 5.07. The molecule has 0 atom stereocenters. The van der Waals surface area contributed by atoms with Crippen LogP contribution in [0, 0.1) is 12.7 Å². The topological polar surface area (TPSA) is 38.1 Å². The molecule has 1 N–H and O–H groups in total. The Labute approximate surface area is 93.3 Å². The van der Waals surface area contributed by atoms with E-state index in [2.05, 4.69) is 10.3 Å². The van der Waals surface area contributed by atoms with E-state index in [-0.39, 0.29) is 5.82 Å². The van der Waals surface area contributed by atoms with Gasteiger partial charge in [-0.1, -0.05) is 12.1 Å². The highest BCUT2D eigenvalue weighted by atomic mass is 19.1. The lowest BCUT2D eigenvalue weighted by atomic mass is 10.1. The van der Waals surface area contributed by atoms with Crippen LogP contribution in [0.3, 0.4) is 0 Å². The summed E-state index contributed by atoms with van der Waals surface area (Å²) in [6.07, 6.45) is 1.54. The lowest BCUT2D eigenvalue weighted by Gasteiger charge is -2.00. The third kappa shape index (κ3) is 1.97. The summed E-state index contributed by atoms with van der Waals surface area (Å²) < 4.78 is 19.0. The van der Waals surface area contributed by atoms with E-state index in [4.69, 9.17) is 4.42 Å². The Morgan fingerprint density at radius 2 is 2.25 bits per heavy atom. The van der Waals surface area contributed by atoms with Crippen molar-refractivity contribution in [1.82, 2.24) is 10.3 Å². The molecule has 0 amide bonds. The summed E-state index contributed by atoms with van der Waals surface area (Å²) in [4.78, 5) is 4.20. The first-order chi connectivity index (χ1) is 7.72. The molecule has 0 bridgehead atoms. The number of aromatic nitrogens is 1. The number of hydrogen-bond acceptors (Lipinski definition) is 3. The van der Waals surface area contributed by atoms with Crippen LogP contribution in [0.15, 0.2) is 28.9 Å². The molecular formula is C12H13FN2O. The zero-order chi connectivity index (χ0) is 11.5. The van der Waals surface area contributed by atoms with Crippen LogP contribution in [0.25, 0.3) is 11.5 Å². The maximum atomic E-state index is 13.8. The van der Waals surface area contributed by atoms with Crippen molar-refractivity contribution in [2.45, 2.75) is 13.5 Å². The quantitative estimate of drug-likeness (QED) is 0.863. The van der Waals surface area contributed by atoms with E-state index in [0.717, 1.165) is 5.69 Å². The summed E-state index contributed by atoms with van der Waals surface area (Å²) >= 11 is 0. The number of hydrogen-bond donors (Lipinski definition) is 1. The summed E-state index contributed by atoms with van der Waals surface area (Å²) in [7, 11) is 1.82. The molecular weight excluding hydrogens is 207 g/mol. The van der Waals surface area contributed by atoms with Crippen LogP contribution < -0.4 is 5.32 Å². The van der Waals surface area contributed by atoms with E-state index < -0.39 is 0 Å². The van der Waals surface area contributed by atoms with Gasteiger partial charge in [0.25, 0.3) is 0 Å². The summed E-state index contributed by atoms with van der Waals surface area (Å²) in [6.45, 7) is 2.33. The van der Waals surface area contributed by atoms with Crippen LogP contribution in [0.2, 0.25) is 0 Å². The molecule has 0 saturated heterocycles. The zero-order valence-corrected chi connectivity index (χ0v) is 9.25. The van der Waals surface area contributed by atoms with Crippen molar-refractivity contribution in [3.63, 3.8) is 0 Å². The molecule has 1 heterocycles. The number of oxazole rings is 1. The fourth-order valence-electron chi connectivity index (χ4n) is 1.51. The molecule has 0 radical (unpaired) electrons. The van der Waals surface area contributed by atoms with Crippen molar-refractivity contribution in [3.05, 3.63) is 41.5 Å². The van der Waals surface area contributed by atoms with Gasteiger partial charge in [0, 0.05) is 6.54 Å². The Balaban J connectivity index is 2.39. The Hall–Kier alpha value is -1.68. The van der Waals surface area contributed by atoms with Gasteiger partial charge in [0.05, 0.1) is 11.3 Å². The van der Waals surface area contributed by atoms with E-state index in [1.807, 2.05) is 7.05 Å². The van der Waals surface area contributed by atoms with Gasteiger partial charge in [0.15, 0.2) is 0 Å². The molecule has 84 valence electrons. The lowest BCUT2D eigenvalue weighted by molar-refractivity contribution is 0.558. The van der Waals surface area contributed by atoms with Gasteiger partial charge in [0.2, 0.25) is 5.89 Å². The first kappa shape index (κ1) is 10.8. The molecule has 0 aliphatic carbocycles. The maximum absolute atomic E-state index is 13.8. The zero-order valence-electron chi connectivity index (χ0n) is 9.25. The Morgan fingerprint density at radius 1 is 1.44 bits per heavy atom. The van der Waals surface area contributed by atoms with Gasteiger partial charge in [-0.05, 0) is 25.6 Å². The number of aryl methyl sites for hydroxylation is 1. The van der Waals surface area contributed by atoms with Gasteiger partial charge in [-0.25, -0.2) is 9.37 Å². The molecule has 4 heteroatoms. The fraction of sp³-hybridized carbons (Fsp3) is 0.250. The second-order valence-corrected chi connectivity index (χ2v) is 3.61. The molecule has 0 unspecified atom stereocenters. The summed E-state index contributed by atoms with van der Waals surface area (Å²) in [5.41, 5.74) is 1.76. The molecule has 0 fully saturated rings. The average Bonchev–Trinajstić information content (AvgIpc) is 2.71. The van der Waals surface area contributed by atoms with Gasteiger partial charge < -0.3 is 9.73 Å². The molecule has 2 rings (SSSR count). The first-order valence-corrected chi connectivity index (χ1v) is 5.07. The molecule has 2 aromatic rings. The van der Waals surface area contributed by atoms with Gasteiger partial charge in [-0.15, -0.1) is 0 Å². The van der Waals surface area contributed by atoms with E-state index in [1.165, 1.54) is 6.26 Å². The molecule has 1 aromatic heterocycles. The van der Waals surface area contributed by atoms with Crippen molar-refractivity contribution in [1.29, 1.82) is 0 Å². The number of nitrogens with one attached hydrogen (secondary N) is 1. The van der Waals surface area contributed by atoms with Crippen molar-refractivity contribution in [2.75, 3.05) is 7.05 Å². The highest BCUT2D eigenvalue weighted by Crippen LogP contribution is 2.23. The molecule has 16 heavy (non-hydrogen) atoms. The minimum atomic E-state index is -0.277. The normalized spacial score (nSPS) is 10.7. The smallest absolute Gasteiger partial charge is 0.229 e. The largest absolute Gasteiger partial charge is 0.444 e. The molecule has 3 nitrogen and oxygen atoms in total. The number of benzene rings is 1. The van der Waals surface area contributed by atoms with E-state index in [1.54, 1.807) is 25.1 Å². The van der Waals surface area contributed by atoms with Gasteiger partial charge >= 0.3 is 0 Å². The predicted octanol–water partition coefficient (Wildman–Crippen LogP) is 2.51. The van der Waals surface area contributed by atoms with E-state index >= 15 is 0 Å². The minimum Gasteiger partial charge on any atom is -0.444 e. The van der Waals surface area contributed by atoms with E-state index in [9.17, 15) is 4.39 Å². The maximum Gasteiger partial charge on any atom is 0.229 e. The van der Waals surface area contributed by atoms with E-state index in [0.29, 0.717) is 23.6 Å². The molecule has 0 aliphatic heterocycles. The highest BCUT2D eigenvalue weighted by molar-refractivity contribution is 5.55. The monoisotopic (exact) mass is 220 g/mol. The molecule has 0 spiro atoms. The summed E-state index contributed by atoms with van der Waals surface area (Å²) in [5.74, 6) is 0.0480. The Morgan fingerprint density at radius 3 is 3.00 bits per heavy atom. The van der Waals surface area contributed by atoms with Crippen molar-refractivity contribution in [3.8, 4) is 11.5 Å². The lowest BCUT2D eigenvalue weighted by Crippen LogP contribution is -2.04. The second-order valence-electron chi connectivity index (χ2n) is 3.61. The summed E-state index contributed by atoms with van der Waals surface area (Å²) in [6, 6.07) is 5.17. The molecule has 1 aromatic carbocycles. The van der Waals surface area contributed by atoms with Crippen molar-refractivity contribution < 1.29 is 8.81 Å². The predicted molar refractivity (Wildman–Crippen MR) is 59.4 cm³/mol. The van der Waals surface area contributed by atoms with Crippen molar-refractivity contribution >= 4 is 0 Å². The van der Waals surface area contributed by atoms with Gasteiger partial charge in [0.1, 0.15) is 12.1 Å². The third-order valence-electron chi connectivity index (χ3n) is 2.33. The van der Waals surface area contributed by atoms with Crippen LogP contribution >= 0.6 is 0 Å². The average molecular weight is 220 g/mol. The SMILES string of the molecule is CNCc1coc(-c2cccc(C)c2F)n1. The van der Waals surface area contributed by atoms with Gasteiger partial charge in [-0.2, -0.15) is 0 Å². The molecule has 0 aliphatic rings. The van der Waals surface area contributed by atoms with Gasteiger partial charge in [-0.3, -0.25) is 0 Å². The minimum absolute atomic E-state index is 0.277. The fourth-order valence-corrected chi connectivity index (χ4v) is 1.51.